The van der Waals surface area contributed by atoms with Gasteiger partial charge in [0.15, 0.2) is 5.82 Å². The van der Waals surface area contributed by atoms with E-state index in [1.54, 1.807) is 29.2 Å². The Morgan fingerprint density at radius 1 is 1.00 bits per heavy atom. The van der Waals surface area contributed by atoms with E-state index in [9.17, 15) is 9.59 Å². The number of aromatic nitrogens is 3. The number of benzene rings is 2. The van der Waals surface area contributed by atoms with Crippen molar-refractivity contribution in [1.82, 2.24) is 14.3 Å². The highest BCUT2D eigenvalue weighted by Crippen LogP contribution is 2.24. The molecule has 6 nitrogen and oxygen atoms in total. The molecule has 0 saturated carbocycles. The molecule has 0 N–H and O–H groups in total. The van der Waals surface area contributed by atoms with E-state index >= 15 is 0 Å². The Morgan fingerprint density at radius 3 is 2.42 bits per heavy atom. The molecule has 0 atom stereocenters. The molecule has 7 heteroatoms. The van der Waals surface area contributed by atoms with Crippen molar-refractivity contribution in [3.63, 3.8) is 0 Å². The molecule has 1 aliphatic rings. The van der Waals surface area contributed by atoms with Crippen molar-refractivity contribution in [2.24, 2.45) is 0 Å². The van der Waals surface area contributed by atoms with Gasteiger partial charge >= 0.3 is 11.7 Å². The minimum Gasteiger partial charge on any atom is -0.285 e. The van der Waals surface area contributed by atoms with Crippen molar-refractivity contribution in [2.45, 2.75) is 13.1 Å². The van der Waals surface area contributed by atoms with Crippen LogP contribution < -0.4 is 10.6 Å². The number of amides is 1. The molecule has 0 fully saturated rings. The first kappa shape index (κ1) is 14.7. The fraction of sp³-hybridized carbons (Fsp3) is 0.118. The Morgan fingerprint density at radius 2 is 1.71 bits per heavy atom. The summed E-state index contributed by atoms with van der Waals surface area (Å²) in [5.41, 5.74) is 1.23. The van der Waals surface area contributed by atoms with E-state index in [1.807, 2.05) is 30.3 Å². The van der Waals surface area contributed by atoms with Gasteiger partial charge in [0, 0.05) is 10.7 Å². The first-order valence-corrected chi connectivity index (χ1v) is 7.81. The fourth-order valence-electron chi connectivity index (χ4n) is 2.80. The monoisotopic (exact) mass is 340 g/mol. The van der Waals surface area contributed by atoms with Gasteiger partial charge in [-0.2, -0.15) is 9.67 Å². The van der Waals surface area contributed by atoms with Crippen LogP contribution in [0.1, 0.15) is 11.4 Å². The van der Waals surface area contributed by atoms with Crippen LogP contribution in [0.15, 0.2) is 59.4 Å². The first-order chi connectivity index (χ1) is 11.6. The molecule has 1 amide bonds. The van der Waals surface area contributed by atoms with Gasteiger partial charge in [0.2, 0.25) is 0 Å². The smallest absolute Gasteiger partial charge is 0.285 e. The van der Waals surface area contributed by atoms with Gasteiger partial charge in [-0.25, -0.2) is 14.3 Å². The van der Waals surface area contributed by atoms with Crippen LogP contribution in [-0.4, -0.2) is 20.4 Å². The molecule has 4 rings (SSSR count). The number of hydrogen-bond donors (Lipinski definition) is 0. The maximum Gasteiger partial charge on any atom is 0.364 e. The predicted molar refractivity (Wildman–Crippen MR) is 90.5 cm³/mol. The van der Waals surface area contributed by atoms with Gasteiger partial charge in [-0.1, -0.05) is 41.9 Å². The van der Waals surface area contributed by atoms with Crippen LogP contribution in [0.4, 0.5) is 10.5 Å². The summed E-state index contributed by atoms with van der Waals surface area (Å²) in [5, 5.41) is 0.601. The summed E-state index contributed by atoms with van der Waals surface area (Å²) >= 11 is 5.89. The Kier molecular flexibility index (Phi) is 3.46. The van der Waals surface area contributed by atoms with E-state index in [1.165, 1.54) is 9.36 Å². The lowest BCUT2D eigenvalue weighted by atomic mass is 10.2. The van der Waals surface area contributed by atoms with E-state index in [4.69, 9.17) is 11.6 Å². The standard InChI is InChI=1S/C17H13ClN4O2/c18-13-6-8-14(9-7-13)20-11-15-19-16(23)21(22(15)17(20)24)10-12-4-2-1-3-5-12/h1-9H,10-11H2. The quantitative estimate of drug-likeness (QED) is 0.736. The molecule has 0 unspecified atom stereocenters. The average molecular weight is 341 g/mol. The molecule has 24 heavy (non-hydrogen) atoms. The van der Waals surface area contributed by atoms with Crippen LogP contribution in [0, 0.1) is 0 Å². The third kappa shape index (κ3) is 2.41. The Balaban J connectivity index is 1.70. The van der Waals surface area contributed by atoms with Gasteiger partial charge < -0.3 is 0 Å². The number of carbonyl (C=O) groups excluding carboxylic acids is 1. The van der Waals surface area contributed by atoms with Gasteiger partial charge in [0.1, 0.15) is 0 Å². The maximum absolute atomic E-state index is 12.8. The highest BCUT2D eigenvalue weighted by molar-refractivity contribution is 6.30. The van der Waals surface area contributed by atoms with Crippen LogP contribution >= 0.6 is 11.6 Å². The van der Waals surface area contributed by atoms with Gasteiger partial charge in [0.25, 0.3) is 0 Å². The number of hydrogen-bond acceptors (Lipinski definition) is 3. The SMILES string of the molecule is O=C1N(c2ccc(Cl)cc2)Cc2nc(=O)n(Cc3ccccc3)n21. The second kappa shape index (κ2) is 5.65. The lowest BCUT2D eigenvalue weighted by Crippen LogP contribution is -2.34. The summed E-state index contributed by atoms with van der Waals surface area (Å²) in [5.74, 6) is 0.441. The second-order valence-corrected chi connectivity index (χ2v) is 5.95. The van der Waals surface area contributed by atoms with Gasteiger partial charge in [0.05, 0.1) is 13.1 Å². The Labute approximate surface area is 142 Å². The molecule has 2 heterocycles. The Bertz CT molecular complexity index is 961. The van der Waals surface area contributed by atoms with Crippen LogP contribution in [0.2, 0.25) is 5.02 Å². The average Bonchev–Trinajstić information content (AvgIpc) is 3.06. The summed E-state index contributed by atoms with van der Waals surface area (Å²) in [6.45, 7) is 0.560. The third-order valence-corrected chi connectivity index (χ3v) is 4.21. The highest BCUT2D eigenvalue weighted by atomic mass is 35.5. The fourth-order valence-corrected chi connectivity index (χ4v) is 2.92. The number of rotatable bonds is 3. The van der Waals surface area contributed by atoms with Crippen molar-refractivity contribution in [1.29, 1.82) is 0 Å². The maximum atomic E-state index is 12.8. The molecule has 0 radical (unpaired) electrons. The zero-order valence-corrected chi connectivity index (χ0v) is 13.3. The molecule has 0 bridgehead atoms. The highest BCUT2D eigenvalue weighted by Gasteiger charge is 2.33. The number of fused-ring (bicyclic) bond motifs is 1. The zero-order chi connectivity index (χ0) is 16.7. The largest absolute Gasteiger partial charge is 0.364 e. The predicted octanol–water partition coefficient (Wildman–Crippen LogP) is 2.73. The molecule has 0 aliphatic carbocycles. The van der Waals surface area contributed by atoms with E-state index in [0.717, 1.165) is 5.56 Å². The lowest BCUT2D eigenvalue weighted by Gasteiger charge is -2.15. The minimum absolute atomic E-state index is 0.261. The third-order valence-electron chi connectivity index (χ3n) is 3.96. The molecular formula is C17H13ClN4O2. The second-order valence-electron chi connectivity index (χ2n) is 5.51. The molecule has 0 saturated heterocycles. The minimum atomic E-state index is -0.419. The molecule has 120 valence electrons. The summed E-state index contributed by atoms with van der Waals surface area (Å²) < 4.78 is 2.72. The zero-order valence-electron chi connectivity index (χ0n) is 12.6. The van der Waals surface area contributed by atoms with E-state index in [0.29, 0.717) is 23.1 Å². The van der Waals surface area contributed by atoms with E-state index in [2.05, 4.69) is 4.98 Å². The molecule has 1 aromatic heterocycles. The van der Waals surface area contributed by atoms with Gasteiger partial charge in [-0.05, 0) is 29.8 Å². The van der Waals surface area contributed by atoms with Crippen LogP contribution in [-0.2, 0) is 13.1 Å². The summed E-state index contributed by atoms with van der Waals surface area (Å²) in [6.07, 6.45) is 0. The van der Waals surface area contributed by atoms with Gasteiger partial charge in [-0.15, -0.1) is 0 Å². The van der Waals surface area contributed by atoms with Crippen molar-refractivity contribution in [3.05, 3.63) is 81.5 Å². The van der Waals surface area contributed by atoms with Crippen LogP contribution in [0.5, 0.6) is 0 Å². The van der Waals surface area contributed by atoms with Crippen molar-refractivity contribution >= 4 is 23.3 Å². The summed E-state index contributed by atoms with van der Waals surface area (Å²) in [7, 11) is 0. The van der Waals surface area contributed by atoms with Crippen molar-refractivity contribution < 1.29 is 4.79 Å². The van der Waals surface area contributed by atoms with Crippen molar-refractivity contribution in [2.75, 3.05) is 4.90 Å². The van der Waals surface area contributed by atoms with E-state index in [-0.39, 0.29) is 12.6 Å². The Hall–Kier alpha value is -2.86. The summed E-state index contributed by atoms with van der Waals surface area (Å²) in [4.78, 5) is 30.5. The number of halogens is 1. The topological polar surface area (TPSA) is 60.1 Å². The lowest BCUT2D eigenvalue weighted by molar-refractivity contribution is 0.244. The normalized spacial score (nSPS) is 13.4. The van der Waals surface area contributed by atoms with Crippen LogP contribution in [0.3, 0.4) is 0 Å². The van der Waals surface area contributed by atoms with E-state index < -0.39 is 5.69 Å². The van der Waals surface area contributed by atoms with Crippen molar-refractivity contribution in [3.8, 4) is 0 Å². The number of anilines is 1. The molecule has 3 aromatic rings. The number of nitrogens with zero attached hydrogens (tertiary/aromatic N) is 4. The molecule has 1 aliphatic heterocycles. The molecular weight excluding hydrogens is 328 g/mol. The number of carbonyl (C=O) groups is 1. The molecule has 2 aromatic carbocycles. The molecule has 0 spiro atoms. The van der Waals surface area contributed by atoms with Gasteiger partial charge in [-0.3, -0.25) is 4.90 Å². The van der Waals surface area contributed by atoms with Crippen LogP contribution in [0.25, 0.3) is 0 Å². The summed E-state index contributed by atoms with van der Waals surface area (Å²) in [6, 6.07) is 16.2. The first-order valence-electron chi connectivity index (χ1n) is 7.43.